The summed E-state index contributed by atoms with van der Waals surface area (Å²) in [6.07, 6.45) is 3.10. The zero-order valence-corrected chi connectivity index (χ0v) is 10.6. The average Bonchev–Trinajstić information content (AvgIpc) is 2.48. The van der Waals surface area contributed by atoms with Gasteiger partial charge in [0.1, 0.15) is 5.84 Å². The SMILES string of the molecule is N=C(N/C=C/c1ccccc1[N+](=O)[O-])c1ccccc1. The molecule has 20 heavy (non-hydrogen) atoms. The molecule has 2 rings (SSSR count). The number of benzene rings is 2. The number of rotatable bonds is 4. The molecule has 5 heteroatoms. The number of nitrogens with one attached hydrogen (secondary N) is 2. The fourth-order valence-corrected chi connectivity index (χ4v) is 1.70. The van der Waals surface area contributed by atoms with Gasteiger partial charge < -0.3 is 5.32 Å². The van der Waals surface area contributed by atoms with Crippen LogP contribution in [0.4, 0.5) is 5.69 Å². The molecular formula is C15H13N3O2. The van der Waals surface area contributed by atoms with Crippen molar-refractivity contribution in [1.82, 2.24) is 5.32 Å². The first kappa shape index (κ1) is 13.5. The highest BCUT2D eigenvalue weighted by atomic mass is 16.6. The molecule has 0 atom stereocenters. The molecule has 0 saturated carbocycles. The second-order valence-corrected chi connectivity index (χ2v) is 4.03. The molecule has 0 unspecified atom stereocenters. The first-order chi connectivity index (χ1) is 9.68. The van der Waals surface area contributed by atoms with E-state index in [-0.39, 0.29) is 11.5 Å². The van der Waals surface area contributed by atoms with Crippen molar-refractivity contribution in [3.05, 3.63) is 82.0 Å². The first-order valence-electron chi connectivity index (χ1n) is 5.99. The lowest BCUT2D eigenvalue weighted by atomic mass is 10.2. The third-order valence-corrected chi connectivity index (χ3v) is 2.69. The van der Waals surface area contributed by atoms with Crippen LogP contribution in [0.25, 0.3) is 6.08 Å². The summed E-state index contributed by atoms with van der Waals surface area (Å²) in [5.41, 5.74) is 1.28. The van der Waals surface area contributed by atoms with Crippen LogP contribution in [-0.4, -0.2) is 10.8 Å². The summed E-state index contributed by atoms with van der Waals surface area (Å²) in [4.78, 5) is 10.4. The van der Waals surface area contributed by atoms with E-state index in [0.29, 0.717) is 5.56 Å². The third kappa shape index (κ3) is 3.29. The van der Waals surface area contributed by atoms with E-state index >= 15 is 0 Å². The minimum Gasteiger partial charge on any atom is -0.347 e. The Morgan fingerprint density at radius 1 is 1.10 bits per heavy atom. The summed E-state index contributed by atoms with van der Waals surface area (Å²) in [7, 11) is 0. The summed E-state index contributed by atoms with van der Waals surface area (Å²) in [5.74, 6) is 0.237. The van der Waals surface area contributed by atoms with Crippen LogP contribution < -0.4 is 5.32 Å². The molecule has 2 aromatic rings. The van der Waals surface area contributed by atoms with Crippen LogP contribution in [-0.2, 0) is 0 Å². The Kier molecular flexibility index (Phi) is 4.24. The summed E-state index contributed by atoms with van der Waals surface area (Å²) in [6, 6.07) is 15.6. The Morgan fingerprint density at radius 2 is 1.75 bits per heavy atom. The molecule has 2 aromatic carbocycles. The fraction of sp³-hybridized carbons (Fsp3) is 0. The number of para-hydroxylation sites is 1. The van der Waals surface area contributed by atoms with Gasteiger partial charge in [0.2, 0.25) is 0 Å². The van der Waals surface area contributed by atoms with Gasteiger partial charge in [0.25, 0.3) is 5.69 Å². The number of nitro benzene ring substituents is 1. The number of nitro groups is 1. The highest BCUT2D eigenvalue weighted by Crippen LogP contribution is 2.18. The molecule has 0 fully saturated rings. The lowest BCUT2D eigenvalue weighted by Crippen LogP contribution is -2.16. The topological polar surface area (TPSA) is 79.0 Å². The van der Waals surface area contributed by atoms with Crippen molar-refractivity contribution in [2.24, 2.45) is 0 Å². The zero-order chi connectivity index (χ0) is 14.4. The summed E-state index contributed by atoms with van der Waals surface area (Å²) < 4.78 is 0. The molecule has 0 aromatic heterocycles. The second kappa shape index (κ2) is 6.29. The second-order valence-electron chi connectivity index (χ2n) is 4.03. The van der Waals surface area contributed by atoms with Crippen LogP contribution in [0.1, 0.15) is 11.1 Å². The van der Waals surface area contributed by atoms with Crippen molar-refractivity contribution >= 4 is 17.6 Å². The van der Waals surface area contributed by atoms with Crippen molar-refractivity contribution < 1.29 is 4.92 Å². The van der Waals surface area contributed by atoms with Crippen molar-refractivity contribution in [1.29, 1.82) is 5.41 Å². The normalized spacial score (nSPS) is 10.4. The molecule has 0 bridgehead atoms. The molecule has 0 aliphatic heterocycles. The van der Waals surface area contributed by atoms with Crippen molar-refractivity contribution in [2.45, 2.75) is 0 Å². The third-order valence-electron chi connectivity index (χ3n) is 2.69. The van der Waals surface area contributed by atoms with Gasteiger partial charge in [-0.2, -0.15) is 0 Å². The summed E-state index contributed by atoms with van der Waals surface area (Å²) in [5, 5.41) is 21.5. The van der Waals surface area contributed by atoms with E-state index < -0.39 is 4.92 Å². The lowest BCUT2D eigenvalue weighted by molar-refractivity contribution is -0.385. The Balaban J connectivity index is 2.08. The van der Waals surface area contributed by atoms with E-state index in [9.17, 15) is 10.1 Å². The van der Waals surface area contributed by atoms with Gasteiger partial charge in [0.05, 0.1) is 10.5 Å². The van der Waals surface area contributed by atoms with Crippen molar-refractivity contribution in [3.8, 4) is 0 Å². The molecule has 0 aliphatic rings. The van der Waals surface area contributed by atoms with Crippen LogP contribution in [0, 0.1) is 15.5 Å². The maximum absolute atomic E-state index is 10.8. The molecule has 0 amide bonds. The van der Waals surface area contributed by atoms with Crippen LogP contribution in [0.5, 0.6) is 0 Å². The summed E-state index contributed by atoms with van der Waals surface area (Å²) in [6.45, 7) is 0. The van der Waals surface area contributed by atoms with Gasteiger partial charge in [-0.15, -0.1) is 0 Å². The highest BCUT2D eigenvalue weighted by molar-refractivity contribution is 5.97. The van der Waals surface area contributed by atoms with Gasteiger partial charge in [-0.3, -0.25) is 15.5 Å². The van der Waals surface area contributed by atoms with Crippen LogP contribution in [0.15, 0.2) is 60.8 Å². The molecule has 0 saturated heterocycles. The number of nitrogens with zero attached hydrogens (tertiary/aromatic N) is 1. The maximum Gasteiger partial charge on any atom is 0.276 e. The quantitative estimate of drug-likeness (QED) is 0.386. The van der Waals surface area contributed by atoms with E-state index in [2.05, 4.69) is 5.32 Å². The standard InChI is InChI=1S/C15H13N3O2/c16-15(13-7-2-1-3-8-13)17-11-10-12-6-4-5-9-14(12)18(19)20/h1-11H,(H2,16,17)/b11-10+. The van der Waals surface area contributed by atoms with E-state index in [4.69, 9.17) is 5.41 Å². The van der Waals surface area contributed by atoms with Gasteiger partial charge in [0.15, 0.2) is 0 Å². The van der Waals surface area contributed by atoms with Gasteiger partial charge in [-0.05, 0) is 12.1 Å². The van der Waals surface area contributed by atoms with Crippen molar-refractivity contribution in [3.63, 3.8) is 0 Å². The van der Waals surface area contributed by atoms with Gasteiger partial charge in [-0.25, -0.2) is 0 Å². The van der Waals surface area contributed by atoms with Gasteiger partial charge in [0, 0.05) is 17.8 Å². The Hall–Kier alpha value is -2.95. The lowest BCUT2D eigenvalue weighted by Gasteiger charge is -2.03. The molecule has 0 aliphatic carbocycles. The monoisotopic (exact) mass is 267 g/mol. The fourth-order valence-electron chi connectivity index (χ4n) is 1.70. The number of hydrogen-bond donors (Lipinski definition) is 2. The molecular weight excluding hydrogens is 254 g/mol. The van der Waals surface area contributed by atoms with E-state index in [1.54, 1.807) is 24.3 Å². The van der Waals surface area contributed by atoms with Crippen LogP contribution in [0.3, 0.4) is 0 Å². The predicted octanol–water partition coefficient (Wildman–Crippen LogP) is 3.18. The Morgan fingerprint density at radius 3 is 2.45 bits per heavy atom. The first-order valence-corrected chi connectivity index (χ1v) is 5.99. The zero-order valence-electron chi connectivity index (χ0n) is 10.6. The molecule has 0 heterocycles. The van der Waals surface area contributed by atoms with Crippen molar-refractivity contribution in [2.75, 3.05) is 0 Å². The largest absolute Gasteiger partial charge is 0.347 e. The maximum atomic E-state index is 10.8. The van der Waals surface area contributed by atoms with Gasteiger partial charge in [-0.1, -0.05) is 42.5 Å². The van der Waals surface area contributed by atoms with Gasteiger partial charge >= 0.3 is 0 Å². The Bertz CT molecular complexity index is 651. The molecule has 5 nitrogen and oxygen atoms in total. The van der Waals surface area contributed by atoms with Crippen LogP contribution in [0.2, 0.25) is 0 Å². The molecule has 0 spiro atoms. The number of hydrogen-bond acceptors (Lipinski definition) is 3. The molecule has 0 radical (unpaired) electrons. The van der Waals surface area contributed by atoms with E-state index in [1.807, 2.05) is 30.3 Å². The minimum atomic E-state index is -0.428. The average molecular weight is 267 g/mol. The predicted molar refractivity (Wildman–Crippen MR) is 78.5 cm³/mol. The highest BCUT2D eigenvalue weighted by Gasteiger charge is 2.08. The summed E-state index contributed by atoms with van der Waals surface area (Å²) >= 11 is 0. The Labute approximate surface area is 116 Å². The minimum absolute atomic E-state index is 0.0387. The van der Waals surface area contributed by atoms with E-state index in [1.165, 1.54) is 12.3 Å². The van der Waals surface area contributed by atoms with Crippen LogP contribution >= 0.6 is 0 Å². The smallest absolute Gasteiger partial charge is 0.276 e. The molecule has 100 valence electrons. The molecule has 2 N–H and O–H groups in total. The van der Waals surface area contributed by atoms with E-state index in [0.717, 1.165) is 5.56 Å². The number of amidine groups is 1.